The Bertz CT molecular complexity index is 652. The first-order valence-corrected chi connectivity index (χ1v) is 6.87. The summed E-state index contributed by atoms with van der Waals surface area (Å²) < 4.78 is 15.0. The van der Waals surface area contributed by atoms with Crippen LogP contribution in [-0.4, -0.2) is 27.5 Å². The SMILES string of the molecule is COc1cc(C(=O)O)ccc1Oc1nc(C2CC2)ns1. The van der Waals surface area contributed by atoms with E-state index in [2.05, 4.69) is 9.36 Å². The van der Waals surface area contributed by atoms with Crippen molar-refractivity contribution in [1.82, 2.24) is 9.36 Å². The lowest BCUT2D eigenvalue weighted by Crippen LogP contribution is -1.98. The molecule has 0 amide bonds. The fourth-order valence-corrected chi connectivity index (χ4v) is 2.37. The molecule has 2 aromatic rings. The van der Waals surface area contributed by atoms with E-state index in [9.17, 15) is 4.79 Å². The Balaban J connectivity index is 1.83. The number of carboxylic acids is 1. The van der Waals surface area contributed by atoms with Crippen molar-refractivity contribution in [1.29, 1.82) is 0 Å². The predicted octanol–water partition coefficient (Wildman–Crippen LogP) is 2.91. The molecule has 1 heterocycles. The fraction of sp³-hybridized carbons (Fsp3) is 0.308. The number of methoxy groups -OCH3 is 1. The number of carboxylic acid groups (broad SMARTS) is 1. The summed E-state index contributed by atoms with van der Waals surface area (Å²) in [5.41, 5.74) is 0.144. The van der Waals surface area contributed by atoms with Gasteiger partial charge in [-0.05, 0) is 31.0 Å². The third kappa shape index (κ3) is 2.57. The van der Waals surface area contributed by atoms with E-state index in [0.29, 0.717) is 22.6 Å². The lowest BCUT2D eigenvalue weighted by Gasteiger charge is -2.08. The smallest absolute Gasteiger partial charge is 0.335 e. The average Bonchev–Trinajstić information content (AvgIpc) is 3.19. The molecule has 0 saturated heterocycles. The maximum absolute atomic E-state index is 10.9. The Morgan fingerprint density at radius 3 is 2.85 bits per heavy atom. The van der Waals surface area contributed by atoms with Gasteiger partial charge in [0.2, 0.25) is 0 Å². The Labute approximate surface area is 119 Å². The van der Waals surface area contributed by atoms with E-state index in [1.165, 1.54) is 30.8 Å². The van der Waals surface area contributed by atoms with Crippen LogP contribution in [0, 0.1) is 0 Å². The van der Waals surface area contributed by atoms with Gasteiger partial charge < -0.3 is 14.6 Å². The Hall–Kier alpha value is -2.15. The molecule has 1 fully saturated rings. The van der Waals surface area contributed by atoms with Gasteiger partial charge in [0.05, 0.1) is 12.7 Å². The molecule has 0 aliphatic heterocycles. The van der Waals surface area contributed by atoms with Gasteiger partial charge in [-0.25, -0.2) is 4.79 Å². The third-order valence-electron chi connectivity index (χ3n) is 2.97. The van der Waals surface area contributed by atoms with Gasteiger partial charge in [0.1, 0.15) is 5.82 Å². The molecule has 0 unspecified atom stereocenters. The summed E-state index contributed by atoms with van der Waals surface area (Å²) in [6.07, 6.45) is 2.26. The maximum atomic E-state index is 10.9. The molecule has 7 heteroatoms. The van der Waals surface area contributed by atoms with E-state index in [0.717, 1.165) is 18.7 Å². The third-order valence-corrected chi connectivity index (χ3v) is 3.58. The van der Waals surface area contributed by atoms with E-state index < -0.39 is 5.97 Å². The molecule has 1 aliphatic rings. The first-order valence-electron chi connectivity index (χ1n) is 6.10. The second-order valence-electron chi connectivity index (χ2n) is 4.47. The molecule has 1 aromatic heterocycles. The maximum Gasteiger partial charge on any atom is 0.335 e. The van der Waals surface area contributed by atoms with Crippen molar-refractivity contribution >= 4 is 17.5 Å². The van der Waals surface area contributed by atoms with Crippen LogP contribution in [-0.2, 0) is 0 Å². The van der Waals surface area contributed by atoms with Gasteiger partial charge in [-0.15, -0.1) is 0 Å². The van der Waals surface area contributed by atoms with Crippen molar-refractivity contribution in [3.05, 3.63) is 29.6 Å². The fourth-order valence-electron chi connectivity index (χ4n) is 1.75. The summed E-state index contributed by atoms with van der Waals surface area (Å²) >= 11 is 1.19. The molecule has 0 bridgehead atoms. The molecule has 104 valence electrons. The number of hydrogen-bond acceptors (Lipinski definition) is 6. The van der Waals surface area contributed by atoms with Crippen LogP contribution in [0.5, 0.6) is 16.7 Å². The highest BCUT2D eigenvalue weighted by molar-refractivity contribution is 7.07. The van der Waals surface area contributed by atoms with Crippen LogP contribution in [0.25, 0.3) is 0 Å². The van der Waals surface area contributed by atoms with Gasteiger partial charge in [-0.1, -0.05) is 0 Å². The van der Waals surface area contributed by atoms with Crippen LogP contribution in [0.3, 0.4) is 0 Å². The van der Waals surface area contributed by atoms with Crippen molar-refractivity contribution in [3.8, 4) is 16.7 Å². The molecule has 6 nitrogen and oxygen atoms in total. The van der Waals surface area contributed by atoms with Crippen molar-refractivity contribution in [2.24, 2.45) is 0 Å². The first-order chi connectivity index (χ1) is 9.67. The van der Waals surface area contributed by atoms with Crippen molar-refractivity contribution in [2.45, 2.75) is 18.8 Å². The summed E-state index contributed by atoms with van der Waals surface area (Å²) in [7, 11) is 1.46. The number of nitrogens with zero attached hydrogens (tertiary/aromatic N) is 2. The van der Waals surface area contributed by atoms with Gasteiger partial charge in [0.15, 0.2) is 11.5 Å². The van der Waals surface area contributed by atoms with Crippen LogP contribution in [0.4, 0.5) is 0 Å². The minimum atomic E-state index is -1.01. The van der Waals surface area contributed by atoms with Gasteiger partial charge in [0, 0.05) is 17.5 Å². The standard InChI is InChI=1S/C13H12N2O4S/c1-18-10-6-8(12(16)17)4-5-9(10)19-13-14-11(15-20-13)7-2-3-7/h4-7H,2-3H2,1H3,(H,16,17). The van der Waals surface area contributed by atoms with Crippen LogP contribution in [0.1, 0.15) is 34.9 Å². The number of carbonyl (C=O) groups is 1. The minimum absolute atomic E-state index is 0.144. The van der Waals surface area contributed by atoms with Crippen molar-refractivity contribution < 1.29 is 19.4 Å². The number of benzene rings is 1. The molecule has 20 heavy (non-hydrogen) atoms. The quantitative estimate of drug-likeness (QED) is 0.912. The highest BCUT2D eigenvalue weighted by Crippen LogP contribution is 2.40. The molecule has 1 saturated carbocycles. The molecule has 0 atom stereocenters. The molecule has 1 aliphatic carbocycles. The summed E-state index contributed by atoms with van der Waals surface area (Å²) in [6, 6.07) is 4.43. The topological polar surface area (TPSA) is 81.5 Å². The summed E-state index contributed by atoms with van der Waals surface area (Å²) in [5.74, 6) is 1.07. The Morgan fingerprint density at radius 2 is 2.20 bits per heavy atom. The van der Waals surface area contributed by atoms with Crippen molar-refractivity contribution in [3.63, 3.8) is 0 Å². The molecular weight excluding hydrogens is 280 g/mol. The number of ether oxygens (including phenoxy) is 2. The predicted molar refractivity (Wildman–Crippen MR) is 71.9 cm³/mol. The Kier molecular flexibility index (Phi) is 3.27. The second-order valence-corrected chi connectivity index (χ2v) is 5.18. The molecule has 0 radical (unpaired) electrons. The molecule has 0 spiro atoms. The highest BCUT2D eigenvalue weighted by atomic mass is 32.1. The first kappa shape index (κ1) is 12.9. The molecular formula is C13H12N2O4S. The largest absolute Gasteiger partial charge is 0.493 e. The van der Waals surface area contributed by atoms with Crippen LogP contribution >= 0.6 is 11.5 Å². The van der Waals surface area contributed by atoms with Gasteiger partial charge in [-0.2, -0.15) is 9.36 Å². The normalized spacial score (nSPS) is 14.1. The lowest BCUT2D eigenvalue weighted by atomic mass is 10.2. The summed E-state index contributed by atoms with van der Waals surface area (Å²) in [6.45, 7) is 0. The molecule has 3 rings (SSSR count). The van der Waals surface area contributed by atoms with E-state index in [1.54, 1.807) is 6.07 Å². The Morgan fingerprint density at radius 1 is 1.40 bits per heavy atom. The zero-order valence-corrected chi connectivity index (χ0v) is 11.5. The minimum Gasteiger partial charge on any atom is -0.493 e. The summed E-state index contributed by atoms with van der Waals surface area (Å²) in [5, 5.41) is 9.38. The van der Waals surface area contributed by atoms with E-state index in [-0.39, 0.29) is 5.56 Å². The van der Waals surface area contributed by atoms with Crippen LogP contribution in [0.2, 0.25) is 0 Å². The van der Waals surface area contributed by atoms with E-state index in [4.69, 9.17) is 14.6 Å². The number of aromatic carboxylic acids is 1. The average molecular weight is 292 g/mol. The van der Waals surface area contributed by atoms with Gasteiger partial charge in [-0.3, -0.25) is 0 Å². The van der Waals surface area contributed by atoms with Crippen molar-refractivity contribution in [2.75, 3.05) is 7.11 Å². The second kappa shape index (κ2) is 5.09. The zero-order chi connectivity index (χ0) is 14.1. The summed E-state index contributed by atoms with van der Waals surface area (Å²) in [4.78, 5) is 15.2. The molecule has 1 aromatic carbocycles. The highest BCUT2D eigenvalue weighted by Gasteiger charge is 2.28. The monoisotopic (exact) mass is 292 g/mol. The number of hydrogen-bond donors (Lipinski definition) is 1. The van der Waals surface area contributed by atoms with Crippen LogP contribution < -0.4 is 9.47 Å². The van der Waals surface area contributed by atoms with Gasteiger partial charge in [0.25, 0.3) is 5.19 Å². The molecule has 1 N–H and O–H groups in total. The van der Waals surface area contributed by atoms with Crippen LogP contribution in [0.15, 0.2) is 18.2 Å². The van der Waals surface area contributed by atoms with Gasteiger partial charge >= 0.3 is 5.97 Å². The number of rotatable bonds is 5. The van der Waals surface area contributed by atoms with E-state index >= 15 is 0 Å². The number of aromatic nitrogens is 2. The lowest BCUT2D eigenvalue weighted by molar-refractivity contribution is 0.0696. The zero-order valence-electron chi connectivity index (χ0n) is 10.7. The van der Waals surface area contributed by atoms with E-state index in [1.807, 2.05) is 0 Å².